The highest BCUT2D eigenvalue weighted by molar-refractivity contribution is 5.91. The van der Waals surface area contributed by atoms with Crippen LogP contribution in [-0.4, -0.2) is 38.8 Å². The minimum Gasteiger partial charge on any atom is -0.351 e. The van der Waals surface area contributed by atoms with E-state index in [2.05, 4.69) is 10.3 Å². The fraction of sp³-hybridized carbons (Fsp3) is 0.500. The van der Waals surface area contributed by atoms with Crippen molar-refractivity contribution in [3.05, 3.63) is 35.5 Å². The second kappa shape index (κ2) is 5.11. The smallest absolute Gasteiger partial charge is 0.292 e. The van der Waals surface area contributed by atoms with Crippen molar-refractivity contribution >= 4 is 5.91 Å². The van der Waals surface area contributed by atoms with E-state index >= 15 is 0 Å². The number of likely N-dealkylation sites (tertiary alicyclic amines) is 1. The zero-order valence-corrected chi connectivity index (χ0v) is 11.7. The summed E-state index contributed by atoms with van der Waals surface area (Å²) in [7, 11) is 0. The number of hydrogen-bond donors (Lipinski definition) is 0. The van der Waals surface area contributed by atoms with E-state index in [0.29, 0.717) is 12.3 Å². The van der Waals surface area contributed by atoms with Crippen molar-refractivity contribution in [3.8, 4) is 0 Å². The van der Waals surface area contributed by atoms with Gasteiger partial charge in [-0.3, -0.25) is 9.48 Å². The van der Waals surface area contributed by atoms with Crippen LogP contribution in [0.4, 0.5) is 0 Å². The van der Waals surface area contributed by atoms with Crippen LogP contribution in [0.3, 0.4) is 0 Å². The summed E-state index contributed by atoms with van der Waals surface area (Å²) in [4.78, 5) is 14.2. The van der Waals surface area contributed by atoms with Gasteiger partial charge >= 0.3 is 0 Å². The normalized spacial score (nSPS) is 19.3. The van der Waals surface area contributed by atoms with Crippen LogP contribution in [0, 0.1) is 13.8 Å². The van der Waals surface area contributed by atoms with Crippen molar-refractivity contribution < 1.29 is 9.32 Å². The van der Waals surface area contributed by atoms with Gasteiger partial charge in [-0.05, 0) is 32.3 Å². The second-order valence-corrected chi connectivity index (χ2v) is 5.38. The van der Waals surface area contributed by atoms with E-state index in [1.165, 1.54) is 0 Å². The predicted octanol–water partition coefficient (Wildman–Crippen LogP) is 1.97. The van der Waals surface area contributed by atoms with E-state index in [4.69, 9.17) is 4.52 Å². The Labute approximate surface area is 117 Å². The number of carbonyl (C=O) groups excluding carboxylic acids is 1. The van der Waals surface area contributed by atoms with Gasteiger partial charge in [-0.15, -0.1) is 0 Å². The Bertz CT molecular complexity index is 616. The molecule has 1 amide bonds. The summed E-state index contributed by atoms with van der Waals surface area (Å²) in [5, 5.41) is 8.13. The molecule has 1 saturated heterocycles. The fourth-order valence-electron chi connectivity index (χ4n) is 2.61. The minimum atomic E-state index is -0.0841. The molecule has 1 aliphatic rings. The largest absolute Gasteiger partial charge is 0.351 e. The molecule has 0 radical (unpaired) electrons. The molecule has 0 N–H and O–H groups in total. The van der Waals surface area contributed by atoms with Crippen LogP contribution < -0.4 is 0 Å². The molecule has 106 valence electrons. The van der Waals surface area contributed by atoms with Crippen LogP contribution >= 0.6 is 0 Å². The van der Waals surface area contributed by atoms with Crippen LogP contribution in [0.15, 0.2) is 23.0 Å². The number of rotatable bonds is 2. The zero-order chi connectivity index (χ0) is 14.1. The van der Waals surface area contributed by atoms with E-state index in [1.807, 2.05) is 35.8 Å². The average Bonchev–Trinajstić information content (AvgIpc) is 3.07. The van der Waals surface area contributed by atoms with Crippen molar-refractivity contribution in [2.75, 3.05) is 13.1 Å². The maximum Gasteiger partial charge on any atom is 0.292 e. The zero-order valence-electron chi connectivity index (χ0n) is 11.7. The highest BCUT2D eigenvalue weighted by Gasteiger charge is 2.27. The molecule has 0 aromatic carbocycles. The van der Waals surface area contributed by atoms with Gasteiger partial charge in [-0.2, -0.15) is 5.10 Å². The lowest BCUT2D eigenvalue weighted by Crippen LogP contribution is -2.40. The SMILES string of the molecule is Cc1cnn([C@H]2CCCN(C(=O)c3cc(C)no3)C2)c1. The van der Waals surface area contributed by atoms with E-state index in [1.54, 1.807) is 6.07 Å². The summed E-state index contributed by atoms with van der Waals surface area (Å²) in [5.74, 6) is 0.235. The molecule has 1 fully saturated rings. The molecule has 0 spiro atoms. The first-order valence-electron chi connectivity index (χ1n) is 6.87. The molecule has 2 aromatic rings. The standard InChI is InChI=1S/C14H18N4O2/c1-10-7-15-18(8-10)12-4-3-5-17(9-12)14(19)13-6-11(2)16-20-13/h6-8,12H,3-5,9H2,1-2H3/t12-/m0/s1. The lowest BCUT2D eigenvalue weighted by molar-refractivity contribution is 0.0631. The summed E-state index contributed by atoms with van der Waals surface area (Å²) >= 11 is 0. The van der Waals surface area contributed by atoms with Gasteiger partial charge in [0.25, 0.3) is 5.91 Å². The first-order chi connectivity index (χ1) is 9.63. The van der Waals surface area contributed by atoms with E-state index in [-0.39, 0.29) is 11.9 Å². The maximum atomic E-state index is 12.4. The third-order valence-corrected chi connectivity index (χ3v) is 3.63. The third-order valence-electron chi connectivity index (χ3n) is 3.63. The van der Waals surface area contributed by atoms with Crippen LogP contribution in [-0.2, 0) is 0 Å². The van der Waals surface area contributed by atoms with Crippen LogP contribution in [0.5, 0.6) is 0 Å². The molecule has 1 aliphatic heterocycles. The summed E-state index contributed by atoms with van der Waals surface area (Å²) in [6.07, 6.45) is 5.89. The molecule has 0 unspecified atom stereocenters. The average molecular weight is 274 g/mol. The van der Waals surface area contributed by atoms with Crippen molar-refractivity contribution in [3.63, 3.8) is 0 Å². The minimum absolute atomic E-state index is 0.0841. The molecular weight excluding hydrogens is 256 g/mol. The van der Waals surface area contributed by atoms with Gasteiger partial charge in [0.15, 0.2) is 0 Å². The van der Waals surface area contributed by atoms with Gasteiger partial charge in [0.2, 0.25) is 5.76 Å². The molecule has 6 nitrogen and oxygen atoms in total. The first kappa shape index (κ1) is 12.9. The van der Waals surface area contributed by atoms with Crippen LogP contribution in [0.25, 0.3) is 0 Å². The Balaban J connectivity index is 1.73. The van der Waals surface area contributed by atoms with Gasteiger partial charge in [-0.25, -0.2) is 0 Å². The molecule has 20 heavy (non-hydrogen) atoms. The second-order valence-electron chi connectivity index (χ2n) is 5.38. The molecule has 3 heterocycles. The van der Waals surface area contributed by atoms with Gasteiger partial charge in [-0.1, -0.05) is 5.16 Å². The van der Waals surface area contributed by atoms with E-state index < -0.39 is 0 Å². The topological polar surface area (TPSA) is 64.2 Å². The number of piperidine rings is 1. The molecular formula is C14H18N4O2. The highest BCUT2D eigenvalue weighted by atomic mass is 16.5. The van der Waals surface area contributed by atoms with E-state index in [0.717, 1.165) is 30.6 Å². The number of aromatic nitrogens is 3. The Kier molecular flexibility index (Phi) is 3.30. The summed E-state index contributed by atoms with van der Waals surface area (Å²) < 4.78 is 7.02. The number of carbonyl (C=O) groups is 1. The van der Waals surface area contributed by atoms with Crippen LogP contribution in [0.1, 0.15) is 40.7 Å². The Hall–Kier alpha value is -2.11. The van der Waals surface area contributed by atoms with Crippen molar-refractivity contribution in [1.29, 1.82) is 0 Å². The molecule has 6 heteroatoms. The molecule has 3 rings (SSSR count). The number of nitrogens with zero attached hydrogens (tertiary/aromatic N) is 4. The van der Waals surface area contributed by atoms with Gasteiger partial charge in [0.05, 0.1) is 17.9 Å². The van der Waals surface area contributed by atoms with Crippen molar-refractivity contribution in [1.82, 2.24) is 19.8 Å². The number of hydrogen-bond acceptors (Lipinski definition) is 4. The fourth-order valence-corrected chi connectivity index (χ4v) is 2.61. The quantitative estimate of drug-likeness (QED) is 0.839. The molecule has 0 aliphatic carbocycles. The molecule has 2 aromatic heterocycles. The van der Waals surface area contributed by atoms with Crippen molar-refractivity contribution in [2.24, 2.45) is 0 Å². The Morgan fingerprint density at radius 1 is 1.45 bits per heavy atom. The third kappa shape index (κ3) is 2.45. The highest BCUT2D eigenvalue weighted by Crippen LogP contribution is 2.22. The number of aryl methyl sites for hydroxylation is 2. The van der Waals surface area contributed by atoms with Crippen LogP contribution in [0.2, 0.25) is 0 Å². The van der Waals surface area contributed by atoms with Gasteiger partial charge in [0.1, 0.15) is 0 Å². The van der Waals surface area contributed by atoms with Gasteiger partial charge < -0.3 is 9.42 Å². The monoisotopic (exact) mass is 274 g/mol. The summed E-state index contributed by atoms with van der Waals surface area (Å²) in [5.41, 5.74) is 1.86. The van der Waals surface area contributed by atoms with E-state index in [9.17, 15) is 4.79 Å². The first-order valence-corrected chi connectivity index (χ1v) is 6.87. The Morgan fingerprint density at radius 3 is 2.95 bits per heavy atom. The van der Waals surface area contributed by atoms with Gasteiger partial charge in [0, 0.05) is 25.4 Å². The molecule has 1 atom stereocenters. The van der Waals surface area contributed by atoms with Crippen molar-refractivity contribution in [2.45, 2.75) is 32.7 Å². The molecule has 0 bridgehead atoms. The summed E-state index contributed by atoms with van der Waals surface area (Å²) in [6, 6.07) is 1.93. The lowest BCUT2D eigenvalue weighted by atomic mass is 10.1. The number of amides is 1. The molecule has 0 saturated carbocycles. The lowest BCUT2D eigenvalue weighted by Gasteiger charge is -2.32. The predicted molar refractivity (Wildman–Crippen MR) is 72.4 cm³/mol. The summed E-state index contributed by atoms with van der Waals surface area (Å²) in [6.45, 7) is 5.26. The maximum absolute atomic E-state index is 12.4. The Morgan fingerprint density at radius 2 is 2.30 bits per heavy atom.